The molecule has 0 fully saturated rings. The van der Waals surface area contributed by atoms with E-state index in [1.165, 1.54) is 11.3 Å². The molecule has 0 amide bonds. The smallest absolute Gasteiger partial charge is 0.340 e. The number of carbonyl (C=O) groups is 1. The molecule has 2 heterocycles. The third-order valence-corrected chi connectivity index (χ3v) is 4.83. The van der Waals surface area contributed by atoms with Crippen molar-refractivity contribution in [2.45, 2.75) is 6.23 Å². The molecule has 4 rings (SSSR count). The van der Waals surface area contributed by atoms with Gasteiger partial charge in [-0.05, 0) is 18.2 Å². The number of esters is 1. The quantitative estimate of drug-likeness (QED) is 0.653. The van der Waals surface area contributed by atoms with Crippen LogP contribution in [0.15, 0.2) is 58.4 Å². The van der Waals surface area contributed by atoms with Crippen LogP contribution in [0.4, 0.5) is 5.13 Å². The number of nitrogens with one attached hydrogen (secondary N) is 1. The number of hydrogen-bond acceptors (Lipinski definition) is 5. The van der Waals surface area contributed by atoms with Crippen molar-refractivity contribution in [2.24, 2.45) is 0 Å². The van der Waals surface area contributed by atoms with Gasteiger partial charge in [0.25, 0.3) is 0 Å². The third-order valence-electron chi connectivity index (χ3n) is 3.57. The molecule has 1 atom stereocenters. The van der Waals surface area contributed by atoms with Gasteiger partial charge in [-0.2, -0.15) is 0 Å². The number of cyclic esters (lactones) is 1. The van der Waals surface area contributed by atoms with E-state index < -0.39 is 6.23 Å². The molecule has 6 heteroatoms. The normalized spacial score (nSPS) is 16.0. The summed E-state index contributed by atoms with van der Waals surface area (Å²) < 4.78 is 6.39. The number of fused-ring (bicyclic) bond motifs is 1. The molecule has 114 valence electrons. The predicted molar refractivity (Wildman–Crippen MR) is 93.5 cm³/mol. The molecule has 1 N–H and O–H groups in total. The summed E-state index contributed by atoms with van der Waals surface area (Å²) in [5, 5.41) is 5.88. The molecule has 1 aliphatic rings. The van der Waals surface area contributed by atoms with Gasteiger partial charge in [-0.3, -0.25) is 0 Å². The first-order valence-electron chi connectivity index (χ1n) is 6.98. The van der Waals surface area contributed by atoms with Crippen LogP contribution in [0.2, 0.25) is 0 Å². The first kappa shape index (κ1) is 14.4. The predicted octanol–water partition coefficient (Wildman–Crippen LogP) is 4.85. The van der Waals surface area contributed by atoms with Crippen LogP contribution < -0.4 is 5.32 Å². The van der Waals surface area contributed by atoms with Crippen molar-refractivity contribution in [3.63, 3.8) is 0 Å². The number of nitrogens with zero attached hydrogens (tertiary/aromatic N) is 1. The Kier molecular flexibility index (Phi) is 3.63. The first-order valence-corrected chi connectivity index (χ1v) is 8.66. The molecule has 0 radical (unpaired) electrons. The molecule has 0 bridgehead atoms. The molecular formula is C17H11BrN2O2S. The Morgan fingerprint density at radius 2 is 2.04 bits per heavy atom. The second kappa shape index (κ2) is 5.79. The van der Waals surface area contributed by atoms with Crippen molar-refractivity contribution in [2.75, 3.05) is 5.32 Å². The molecule has 3 aromatic rings. The lowest BCUT2D eigenvalue weighted by molar-refractivity contribution is 0.0437. The highest BCUT2D eigenvalue weighted by Crippen LogP contribution is 2.33. The van der Waals surface area contributed by atoms with Gasteiger partial charge in [0, 0.05) is 21.0 Å². The topological polar surface area (TPSA) is 51.2 Å². The van der Waals surface area contributed by atoms with Crippen LogP contribution >= 0.6 is 27.3 Å². The molecule has 0 aliphatic carbocycles. The zero-order chi connectivity index (χ0) is 15.8. The second-order valence-electron chi connectivity index (χ2n) is 5.07. The molecule has 0 saturated heterocycles. The number of thiazole rings is 1. The Bertz CT molecular complexity index is 894. The van der Waals surface area contributed by atoms with Gasteiger partial charge in [-0.1, -0.05) is 46.3 Å². The number of anilines is 1. The maximum absolute atomic E-state index is 11.8. The highest BCUT2D eigenvalue weighted by Gasteiger charge is 2.30. The highest BCUT2D eigenvalue weighted by molar-refractivity contribution is 9.10. The lowest BCUT2D eigenvalue weighted by Gasteiger charge is -2.11. The number of hydrogen-bond donors (Lipinski definition) is 1. The zero-order valence-corrected chi connectivity index (χ0v) is 14.2. The fourth-order valence-corrected chi connectivity index (χ4v) is 3.62. The minimum atomic E-state index is -0.486. The van der Waals surface area contributed by atoms with E-state index in [-0.39, 0.29) is 5.97 Å². The molecule has 2 aromatic carbocycles. The summed E-state index contributed by atoms with van der Waals surface area (Å²) in [6.45, 7) is 0. The molecule has 0 spiro atoms. The van der Waals surface area contributed by atoms with Crippen molar-refractivity contribution in [1.29, 1.82) is 0 Å². The molecule has 0 saturated carbocycles. The maximum Gasteiger partial charge on any atom is 0.340 e. The molecule has 23 heavy (non-hydrogen) atoms. The Labute approximate surface area is 145 Å². The number of aromatic nitrogens is 1. The van der Waals surface area contributed by atoms with E-state index in [0.29, 0.717) is 5.56 Å². The van der Waals surface area contributed by atoms with E-state index in [1.54, 1.807) is 6.07 Å². The standard InChI is InChI=1S/C17H11BrN2O2S/c18-11-5-3-4-10(8-11)14-9-23-17(19-14)20-15-12-6-1-2-7-13(12)16(21)22-15/h1-9,15H,(H,19,20)/t15-/m0/s1. The molecule has 1 aliphatic heterocycles. The molecule has 1 aromatic heterocycles. The van der Waals surface area contributed by atoms with Gasteiger partial charge < -0.3 is 10.1 Å². The Morgan fingerprint density at radius 1 is 1.17 bits per heavy atom. The van der Waals surface area contributed by atoms with Crippen molar-refractivity contribution in [3.05, 3.63) is 69.5 Å². The average molecular weight is 387 g/mol. The fourth-order valence-electron chi connectivity index (χ4n) is 2.49. The van der Waals surface area contributed by atoms with Crippen LogP contribution in [0.1, 0.15) is 22.1 Å². The van der Waals surface area contributed by atoms with Gasteiger partial charge in [-0.25, -0.2) is 9.78 Å². The lowest BCUT2D eigenvalue weighted by Crippen LogP contribution is -2.09. The highest BCUT2D eigenvalue weighted by atomic mass is 79.9. The minimum Gasteiger partial charge on any atom is -0.434 e. The Hall–Kier alpha value is -2.18. The van der Waals surface area contributed by atoms with E-state index in [4.69, 9.17) is 4.74 Å². The number of rotatable bonds is 3. The van der Waals surface area contributed by atoms with E-state index in [1.807, 2.05) is 47.8 Å². The average Bonchev–Trinajstić information content (AvgIpc) is 3.14. The second-order valence-corrected chi connectivity index (χ2v) is 6.84. The van der Waals surface area contributed by atoms with Crippen LogP contribution in [0.25, 0.3) is 11.3 Å². The number of carbonyl (C=O) groups excluding carboxylic acids is 1. The van der Waals surface area contributed by atoms with Crippen LogP contribution in [0, 0.1) is 0 Å². The molecule has 0 unspecified atom stereocenters. The van der Waals surface area contributed by atoms with Crippen LogP contribution in [-0.2, 0) is 4.74 Å². The van der Waals surface area contributed by atoms with E-state index in [0.717, 1.165) is 26.4 Å². The summed E-state index contributed by atoms with van der Waals surface area (Å²) in [6, 6.07) is 15.4. The summed E-state index contributed by atoms with van der Waals surface area (Å²) >= 11 is 4.95. The van der Waals surface area contributed by atoms with Gasteiger partial charge in [0.15, 0.2) is 5.13 Å². The SMILES string of the molecule is O=C1O[C@H](Nc2nc(-c3cccc(Br)c3)cs2)c2ccccc21. The van der Waals surface area contributed by atoms with E-state index in [9.17, 15) is 4.79 Å². The zero-order valence-electron chi connectivity index (χ0n) is 11.8. The third kappa shape index (κ3) is 2.75. The van der Waals surface area contributed by atoms with Gasteiger partial charge in [0.05, 0.1) is 11.3 Å². The Balaban J connectivity index is 1.58. The number of halogens is 1. The van der Waals surface area contributed by atoms with Crippen LogP contribution in [-0.4, -0.2) is 11.0 Å². The van der Waals surface area contributed by atoms with Gasteiger partial charge >= 0.3 is 5.97 Å². The summed E-state index contributed by atoms with van der Waals surface area (Å²) in [4.78, 5) is 16.4. The van der Waals surface area contributed by atoms with Gasteiger partial charge in [0.1, 0.15) is 0 Å². The van der Waals surface area contributed by atoms with Crippen molar-refractivity contribution in [3.8, 4) is 11.3 Å². The summed E-state index contributed by atoms with van der Waals surface area (Å²) in [5.41, 5.74) is 3.37. The van der Waals surface area contributed by atoms with Crippen molar-refractivity contribution < 1.29 is 9.53 Å². The van der Waals surface area contributed by atoms with Crippen molar-refractivity contribution in [1.82, 2.24) is 4.98 Å². The molecule has 4 nitrogen and oxygen atoms in total. The minimum absolute atomic E-state index is 0.304. The van der Waals surface area contributed by atoms with Crippen molar-refractivity contribution >= 4 is 38.4 Å². The summed E-state index contributed by atoms with van der Waals surface area (Å²) in [7, 11) is 0. The van der Waals surface area contributed by atoms with Gasteiger partial charge in [-0.15, -0.1) is 11.3 Å². The van der Waals surface area contributed by atoms with E-state index >= 15 is 0 Å². The summed E-state index contributed by atoms with van der Waals surface area (Å²) in [5.74, 6) is -0.304. The monoisotopic (exact) mass is 386 g/mol. The van der Waals surface area contributed by atoms with Gasteiger partial charge in [0.2, 0.25) is 6.23 Å². The van der Waals surface area contributed by atoms with Crippen LogP contribution in [0.5, 0.6) is 0 Å². The largest absolute Gasteiger partial charge is 0.434 e. The number of benzene rings is 2. The summed E-state index contributed by atoms with van der Waals surface area (Å²) in [6.07, 6.45) is -0.486. The van der Waals surface area contributed by atoms with E-state index in [2.05, 4.69) is 26.2 Å². The fraction of sp³-hybridized carbons (Fsp3) is 0.0588. The first-order chi connectivity index (χ1) is 11.2. The number of ether oxygens (including phenoxy) is 1. The van der Waals surface area contributed by atoms with Crippen LogP contribution in [0.3, 0.4) is 0 Å². The lowest BCUT2D eigenvalue weighted by atomic mass is 10.1. The molecular weight excluding hydrogens is 376 g/mol. The Morgan fingerprint density at radius 3 is 2.91 bits per heavy atom. The maximum atomic E-state index is 11.8.